The topological polar surface area (TPSA) is 45.6 Å². The lowest BCUT2D eigenvalue weighted by atomic mass is 9.90. The Labute approximate surface area is 175 Å². The van der Waals surface area contributed by atoms with Gasteiger partial charge in [-0.25, -0.2) is 0 Å². The van der Waals surface area contributed by atoms with Crippen LogP contribution in [0, 0.1) is 6.92 Å². The van der Waals surface area contributed by atoms with Gasteiger partial charge in [-0.15, -0.1) is 0 Å². The first-order valence-electron chi connectivity index (χ1n) is 10.5. The normalized spacial score (nSPS) is 16.3. The van der Waals surface area contributed by atoms with Crippen LogP contribution in [0.3, 0.4) is 0 Å². The van der Waals surface area contributed by atoms with Crippen molar-refractivity contribution in [3.63, 3.8) is 0 Å². The Bertz CT molecular complexity index is 1410. The Hall–Kier alpha value is -3.37. The molecule has 30 heavy (non-hydrogen) atoms. The minimum absolute atomic E-state index is 0.130. The van der Waals surface area contributed by atoms with Crippen LogP contribution in [-0.4, -0.2) is 21.1 Å². The number of hydrogen-bond acceptors (Lipinski definition) is 2. The molecule has 5 aromatic rings. The smallest absolute Gasteiger partial charge is 0.0739 e. The Balaban J connectivity index is 1.52. The lowest BCUT2D eigenvalue weighted by Crippen LogP contribution is -2.30. The predicted octanol–water partition coefficient (Wildman–Crippen LogP) is 5.27. The number of fused-ring (bicyclic) bond motifs is 4. The quantitative estimate of drug-likeness (QED) is 0.430. The molecule has 0 bridgehead atoms. The number of aromatic nitrogens is 3. The number of aromatic amines is 1. The number of H-pyrrole nitrogens is 1. The highest BCUT2D eigenvalue weighted by atomic mass is 15.0. The first kappa shape index (κ1) is 17.5. The van der Waals surface area contributed by atoms with Gasteiger partial charge in [-0.05, 0) is 66.4 Å². The zero-order valence-electron chi connectivity index (χ0n) is 17.2. The van der Waals surface area contributed by atoms with E-state index in [9.17, 15) is 0 Å². The summed E-state index contributed by atoms with van der Waals surface area (Å²) < 4.78 is 2.16. The molecule has 3 aromatic heterocycles. The number of hydrogen-bond donors (Lipinski definition) is 2. The molecule has 0 amide bonds. The second-order valence-corrected chi connectivity index (χ2v) is 8.37. The van der Waals surface area contributed by atoms with Gasteiger partial charge in [0.2, 0.25) is 0 Å². The van der Waals surface area contributed by atoms with E-state index in [1.165, 1.54) is 55.3 Å². The van der Waals surface area contributed by atoms with Gasteiger partial charge in [0.1, 0.15) is 0 Å². The molecule has 0 saturated heterocycles. The molecular weight excluding hydrogens is 368 g/mol. The van der Waals surface area contributed by atoms with E-state index in [1.807, 2.05) is 12.4 Å². The fraction of sp³-hybridized carbons (Fsp3) is 0.192. The van der Waals surface area contributed by atoms with E-state index in [-0.39, 0.29) is 6.04 Å². The standard InChI is InChI=1S/C26H24N4/c1-16-3-5-23-21(13-16)19-8-11-28-25(26(19)29-23)20-7-10-27-15-22(20)17-4-6-24-18(14-17)9-12-30(24)2/h3-7,9-10,12-15,25,28-29H,8,11H2,1-2H3. The summed E-state index contributed by atoms with van der Waals surface area (Å²) in [6, 6.07) is 17.8. The zero-order chi connectivity index (χ0) is 20.2. The van der Waals surface area contributed by atoms with Gasteiger partial charge in [-0.1, -0.05) is 17.7 Å². The average Bonchev–Trinajstić information content (AvgIpc) is 3.33. The molecule has 0 saturated carbocycles. The SMILES string of the molecule is Cc1ccc2[nH]c3c(c2c1)CCNC3c1ccncc1-c1ccc2c(ccn2C)c1. The van der Waals surface area contributed by atoms with E-state index in [4.69, 9.17) is 0 Å². The van der Waals surface area contributed by atoms with Crippen LogP contribution in [-0.2, 0) is 13.5 Å². The van der Waals surface area contributed by atoms with Crippen LogP contribution in [0.4, 0.5) is 0 Å². The molecule has 2 N–H and O–H groups in total. The van der Waals surface area contributed by atoms with Gasteiger partial charge in [-0.3, -0.25) is 4.98 Å². The maximum absolute atomic E-state index is 4.47. The molecular formula is C26H24N4. The Morgan fingerprint density at radius 1 is 1.07 bits per heavy atom. The highest BCUT2D eigenvalue weighted by molar-refractivity contribution is 5.88. The van der Waals surface area contributed by atoms with Gasteiger partial charge in [0.05, 0.1) is 6.04 Å². The molecule has 0 aliphatic carbocycles. The van der Waals surface area contributed by atoms with Crippen molar-refractivity contribution in [1.82, 2.24) is 19.9 Å². The third-order valence-corrected chi connectivity index (χ3v) is 6.47. The molecule has 0 fully saturated rings. The van der Waals surface area contributed by atoms with Gasteiger partial charge in [-0.2, -0.15) is 0 Å². The minimum Gasteiger partial charge on any atom is -0.357 e. The van der Waals surface area contributed by atoms with Crippen molar-refractivity contribution >= 4 is 21.8 Å². The van der Waals surface area contributed by atoms with E-state index in [0.29, 0.717) is 0 Å². The van der Waals surface area contributed by atoms with Crippen molar-refractivity contribution in [1.29, 1.82) is 0 Å². The summed E-state index contributed by atoms with van der Waals surface area (Å²) in [5, 5.41) is 6.37. The van der Waals surface area contributed by atoms with E-state index in [2.05, 4.69) is 88.6 Å². The van der Waals surface area contributed by atoms with Crippen molar-refractivity contribution in [3.05, 3.63) is 89.5 Å². The average molecular weight is 393 g/mol. The summed E-state index contributed by atoms with van der Waals surface area (Å²) >= 11 is 0. The monoisotopic (exact) mass is 392 g/mol. The Morgan fingerprint density at radius 2 is 2.00 bits per heavy atom. The molecule has 0 spiro atoms. The van der Waals surface area contributed by atoms with Crippen LogP contribution in [0.2, 0.25) is 0 Å². The highest BCUT2D eigenvalue weighted by Crippen LogP contribution is 2.38. The van der Waals surface area contributed by atoms with Crippen LogP contribution >= 0.6 is 0 Å². The second kappa shape index (κ2) is 6.57. The molecule has 148 valence electrons. The summed E-state index contributed by atoms with van der Waals surface area (Å²) in [4.78, 5) is 8.19. The number of pyridine rings is 1. The number of nitrogens with one attached hydrogen (secondary N) is 2. The number of aryl methyl sites for hydroxylation is 2. The molecule has 1 aliphatic heterocycles. The first-order chi connectivity index (χ1) is 14.7. The number of benzene rings is 2. The van der Waals surface area contributed by atoms with Crippen LogP contribution in [0.5, 0.6) is 0 Å². The van der Waals surface area contributed by atoms with Crippen LogP contribution in [0.25, 0.3) is 32.9 Å². The summed E-state index contributed by atoms with van der Waals surface area (Å²) in [5.41, 5.74) is 10.2. The van der Waals surface area contributed by atoms with Gasteiger partial charge < -0.3 is 14.9 Å². The number of nitrogens with zero attached hydrogens (tertiary/aromatic N) is 2. The van der Waals surface area contributed by atoms with Gasteiger partial charge in [0, 0.05) is 65.2 Å². The maximum Gasteiger partial charge on any atom is 0.0739 e. The number of rotatable bonds is 2. The van der Waals surface area contributed by atoms with Gasteiger partial charge in [0.25, 0.3) is 0 Å². The van der Waals surface area contributed by atoms with Crippen molar-refractivity contribution in [3.8, 4) is 11.1 Å². The lowest BCUT2D eigenvalue weighted by molar-refractivity contribution is 0.561. The van der Waals surface area contributed by atoms with Crippen molar-refractivity contribution < 1.29 is 0 Å². The molecule has 4 heterocycles. The van der Waals surface area contributed by atoms with Crippen molar-refractivity contribution in [2.45, 2.75) is 19.4 Å². The molecule has 1 aliphatic rings. The van der Waals surface area contributed by atoms with E-state index in [1.54, 1.807) is 0 Å². The molecule has 2 aromatic carbocycles. The molecule has 1 unspecified atom stereocenters. The summed E-state index contributed by atoms with van der Waals surface area (Å²) in [6.07, 6.45) is 7.07. The van der Waals surface area contributed by atoms with Crippen LogP contribution in [0.15, 0.2) is 67.1 Å². The third-order valence-electron chi connectivity index (χ3n) is 6.47. The third kappa shape index (κ3) is 2.61. The van der Waals surface area contributed by atoms with Crippen molar-refractivity contribution in [2.24, 2.45) is 7.05 Å². The van der Waals surface area contributed by atoms with E-state index in [0.717, 1.165) is 13.0 Å². The van der Waals surface area contributed by atoms with Crippen molar-refractivity contribution in [2.75, 3.05) is 6.54 Å². The Morgan fingerprint density at radius 3 is 2.93 bits per heavy atom. The van der Waals surface area contributed by atoms with Crippen LogP contribution < -0.4 is 5.32 Å². The molecule has 0 radical (unpaired) electrons. The van der Waals surface area contributed by atoms with Gasteiger partial charge in [0.15, 0.2) is 0 Å². The van der Waals surface area contributed by atoms with Gasteiger partial charge >= 0.3 is 0 Å². The van der Waals surface area contributed by atoms with E-state index >= 15 is 0 Å². The fourth-order valence-electron chi connectivity index (χ4n) is 4.95. The lowest BCUT2D eigenvalue weighted by Gasteiger charge is -2.26. The molecule has 4 nitrogen and oxygen atoms in total. The van der Waals surface area contributed by atoms with Crippen LogP contribution in [0.1, 0.15) is 28.4 Å². The summed E-state index contributed by atoms with van der Waals surface area (Å²) in [6.45, 7) is 3.14. The highest BCUT2D eigenvalue weighted by Gasteiger charge is 2.27. The zero-order valence-corrected chi connectivity index (χ0v) is 17.2. The fourth-order valence-corrected chi connectivity index (χ4v) is 4.95. The largest absolute Gasteiger partial charge is 0.357 e. The molecule has 4 heteroatoms. The summed E-state index contributed by atoms with van der Waals surface area (Å²) in [7, 11) is 2.09. The second-order valence-electron chi connectivity index (χ2n) is 8.37. The first-order valence-corrected chi connectivity index (χ1v) is 10.5. The minimum atomic E-state index is 0.130. The summed E-state index contributed by atoms with van der Waals surface area (Å²) in [5.74, 6) is 0. The maximum atomic E-state index is 4.47. The Kier molecular flexibility index (Phi) is 3.83. The van der Waals surface area contributed by atoms with E-state index < -0.39 is 0 Å². The predicted molar refractivity (Wildman–Crippen MR) is 123 cm³/mol. The molecule has 6 rings (SSSR count). The molecule has 1 atom stereocenters.